The zero-order valence-corrected chi connectivity index (χ0v) is 11.7. The van der Waals surface area contributed by atoms with E-state index in [2.05, 4.69) is 28.9 Å². The normalized spacial score (nSPS) is 10.2. The van der Waals surface area contributed by atoms with Crippen LogP contribution in [0.15, 0.2) is 48.7 Å². The number of anilines is 1. The minimum atomic E-state index is 0.335. The van der Waals surface area contributed by atoms with Crippen molar-refractivity contribution in [2.75, 3.05) is 11.4 Å². The second-order valence-corrected chi connectivity index (χ2v) is 4.67. The molecule has 0 aliphatic carbocycles. The molecule has 0 fully saturated rings. The molecule has 0 radical (unpaired) electrons. The monoisotopic (exact) mass is 271 g/mol. The van der Waals surface area contributed by atoms with E-state index >= 15 is 0 Å². The summed E-state index contributed by atoms with van der Waals surface area (Å²) in [6.45, 7) is 3.80. The number of hydrogen-bond acceptors (Lipinski definition) is 3. The maximum atomic E-state index is 5.74. The molecule has 1 aromatic carbocycles. The first-order valence-electron chi connectivity index (χ1n) is 6.26. The van der Waals surface area contributed by atoms with Gasteiger partial charge >= 0.3 is 0 Å². The van der Waals surface area contributed by atoms with Gasteiger partial charge in [0.05, 0.1) is 5.69 Å². The molecule has 19 heavy (non-hydrogen) atoms. The van der Waals surface area contributed by atoms with Gasteiger partial charge < -0.3 is 10.6 Å². The maximum Gasteiger partial charge on any atom is 0.124 e. The molecule has 2 rings (SSSR count). The first kappa shape index (κ1) is 13.5. The van der Waals surface area contributed by atoms with Crippen LogP contribution in [0.5, 0.6) is 0 Å². The number of rotatable bonds is 5. The molecule has 0 atom stereocenters. The van der Waals surface area contributed by atoms with Gasteiger partial charge in [-0.25, -0.2) is 0 Å². The fourth-order valence-corrected chi connectivity index (χ4v) is 2.17. The number of hydrogen-bond donors (Lipinski definition) is 1. The summed E-state index contributed by atoms with van der Waals surface area (Å²) >= 11 is 5.07. The third kappa shape index (κ3) is 3.29. The van der Waals surface area contributed by atoms with Gasteiger partial charge in [0.2, 0.25) is 0 Å². The highest BCUT2D eigenvalue weighted by Gasteiger charge is 2.12. The van der Waals surface area contributed by atoms with Crippen molar-refractivity contribution in [1.29, 1.82) is 0 Å². The fourth-order valence-electron chi connectivity index (χ4n) is 2.01. The van der Waals surface area contributed by atoms with Crippen LogP contribution in [-0.2, 0) is 6.54 Å². The average Bonchev–Trinajstić information content (AvgIpc) is 2.46. The second-order valence-electron chi connectivity index (χ2n) is 4.24. The van der Waals surface area contributed by atoms with Gasteiger partial charge in [-0.1, -0.05) is 42.5 Å². The van der Waals surface area contributed by atoms with Gasteiger partial charge in [-0.2, -0.15) is 0 Å². The van der Waals surface area contributed by atoms with E-state index in [9.17, 15) is 0 Å². The van der Waals surface area contributed by atoms with Gasteiger partial charge in [-0.15, -0.1) is 0 Å². The Morgan fingerprint density at radius 2 is 1.95 bits per heavy atom. The average molecular weight is 271 g/mol. The molecule has 0 saturated heterocycles. The zero-order chi connectivity index (χ0) is 13.7. The van der Waals surface area contributed by atoms with Crippen LogP contribution in [0.1, 0.15) is 18.2 Å². The summed E-state index contributed by atoms with van der Waals surface area (Å²) in [6, 6.07) is 14.2. The van der Waals surface area contributed by atoms with E-state index in [0.717, 1.165) is 18.8 Å². The van der Waals surface area contributed by atoms with E-state index in [1.165, 1.54) is 5.56 Å². The second kappa shape index (κ2) is 6.29. The molecule has 0 bridgehead atoms. The summed E-state index contributed by atoms with van der Waals surface area (Å²) in [5.74, 6) is 0. The first-order chi connectivity index (χ1) is 9.22. The van der Waals surface area contributed by atoms with Gasteiger partial charge in [0, 0.05) is 19.3 Å². The highest BCUT2D eigenvalue weighted by molar-refractivity contribution is 7.80. The summed E-state index contributed by atoms with van der Waals surface area (Å²) in [4.78, 5) is 6.84. The minimum absolute atomic E-state index is 0.335. The Balaban J connectivity index is 2.30. The van der Waals surface area contributed by atoms with Gasteiger partial charge in [-0.3, -0.25) is 4.98 Å². The van der Waals surface area contributed by atoms with E-state index in [1.807, 2.05) is 30.3 Å². The smallest absolute Gasteiger partial charge is 0.124 e. The Morgan fingerprint density at radius 3 is 2.58 bits per heavy atom. The maximum absolute atomic E-state index is 5.74. The van der Waals surface area contributed by atoms with Gasteiger partial charge in [-0.05, 0) is 24.6 Å². The van der Waals surface area contributed by atoms with Crippen molar-refractivity contribution in [2.24, 2.45) is 5.73 Å². The lowest BCUT2D eigenvalue weighted by Crippen LogP contribution is -2.26. The lowest BCUT2D eigenvalue weighted by atomic mass is 10.2. The molecule has 0 amide bonds. The molecule has 0 unspecified atom stereocenters. The van der Waals surface area contributed by atoms with E-state index < -0.39 is 0 Å². The quantitative estimate of drug-likeness (QED) is 0.849. The molecule has 2 aromatic rings. The van der Waals surface area contributed by atoms with Crippen molar-refractivity contribution in [3.05, 3.63) is 59.9 Å². The van der Waals surface area contributed by atoms with E-state index in [0.29, 0.717) is 10.7 Å². The molecule has 3 nitrogen and oxygen atoms in total. The number of aromatic nitrogens is 1. The largest absolute Gasteiger partial charge is 0.388 e. The third-order valence-corrected chi connectivity index (χ3v) is 3.15. The first-order valence-corrected chi connectivity index (χ1v) is 6.67. The van der Waals surface area contributed by atoms with Gasteiger partial charge in [0.15, 0.2) is 0 Å². The van der Waals surface area contributed by atoms with Crippen LogP contribution < -0.4 is 10.6 Å². The van der Waals surface area contributed by atoms with Crippen LogP contribution >= 0.6 is 12.2 Å². The third-order valence-electron chi connectivity index (χ3n) is 2.96. The molecule has 1 heterocycles. The van der Waals surface area contributed by atoms with E-state index in [-0.39, 0.29) is 0 Å². The van der Waals surface area contributed by atoms with Crippen LogP contribution in [0.2, 0.25) is 0 Å². The summed E-state index contributed by atoms with van der Waals surface area (Å²) in [7, 11) is 0. The summed E-state index contributed by atoms with van der Waals surface area (Å²) in [5.41, 5.74) is 8.67. The molecule has 0 aliphatic rings. The van der Waals surface area contributed by atoms with Crippen LogP contribution in [0, 0.1) is 0 Å². The van der Waals surface area contributed by atoms with Crippen molar-refractivity contribution < 1.29 is 0 Å². The predicted molar refractivity (Wildman–Crippen MR) is 83.3 cm³/mol. The molecule has 4 heteroatoms. The van der Waals surface area contributed by atoms with Gasteiger partial charge in [0.1, 0.15) is 10.7 Å². The van der Waals surface area contributed by atoms with E-state index in [4.69, 9.17) is 18.0 Å². The molecule has 2 N–H and O–H groups in total. The number of nitrogens with zero attached hydrogens (tertiary/aromatic N) is 2. The van der Waals surface area contributed by atoms with Crippen molar-refractivity contribution in [3.8, 4) is 0 Å². The van der Waals surface area contributed by atoms with E-state index in [1.54, 1.807) is 6.20 Å². The molecule has 98 valence electrons. The predicted octanol–water partition coefficient (Wildman–Crippen LogP) is 2.74. The lowest BCUT2D eigenvalue weighted by molar-refractivity contribution is 0.827. The number of thiocarbonyl (C=S) groups is 1. The Bertz CT molecular complexity index is 554. The topological polar surface area (TPSA) is 42.2 Å². The van der Waals surface area contributed by atoms with Crippen molar-refractivity contribution >= 4 is 22.9 Å². The molecule has 1 aromatic heterocycles. The number of pyridine rings is 1. The Morgan fingerprint density at radius 1 is 1.21 bits per heavy atom. The summed E-state index contributed by atoms with van der Waals surface area (Å²) < 4.78 is 0. The summed E-state index contributed by atoms with van der Waals surface area (Å²) in [6.07, 6.45) is 1.72. The Hall–Kier alpha value is -1.94. The molecular weight excluding hydrogens is 254 g/mol. The van der Waals surface area contributed by atoms with Gasteiger partial charge in [0.25, 0.3) is 0 Å². The van der Waals surface area contributed by atoms with Crippen LogP contribution in [-0.4, -0.2) is 16.5 Å². The molecule has 0 saturated carbocycles. The summed E-state index contributed by atoms with van der Waals surface area (Å²) in [5, 5.41) is 0. The standard InChI is InChI=1S/C15H17N3S/c1-2-18(11-12-7-4-3-5-8-12)13-9-6-10-17-14(13)15(16)19/h3-10H,2,11H2,1H3,(H2,16,19). The SMILES string of the molecule is CCN(Cc1ccccc1)c1cccnc1C(N)=S. The molecule has 0 spiro atoms. The van der Waals surface area contributed by atoms with Crippen LogP contribution in [0.3, 0.4) is 0 Å². The van der Waals surface area contributed by atoms with Crippen molar-refractivity contribution in [3.63, 3.8) is 0 Å². The Kier molecular flexibility index (Phi) is 4.47. The minimum Gasteiger partial charge on any atom is -0.388 e. The number of nitrogens with two attached hydrogens (primary N) is 1. The molecule has 0 aliphatic heterocycles. The van der Waals surface area contributed by atoms with Crippen molar-refractivity contribution in [1.82, 2.24) is 4.98 Å². The zero-order valence-electron chi connectivity index (χ0n) is 10.9. The van der Waals surface area contributed by atoms with Crippen molar-refractivity contribution in [2.45, 2.75) is 13.5 Å². The number of benzene rings is 1. The van der Waals surface area contributed by atoms with Crippen LogP contribution in [0.25, 0.3) is 0 Å². The Labute approximate surface area is 119 Å². The lowest BCUT2D eigenvalue weighted by Gasteiger charge is -2.24. The highest BCUT2D eigenvalue weighted by Crippen LogP contribution is 2.20. The van der Waals surface area contributed by atoms with Crippen LogP contribution in [0.4, 0.5) is 5.69 Å². The molecular formula is C15H17N3S. The fraction of sp³-hybridized carbons (Fsp3) is 0.200. The highest BCUT2D eigenvalue weighted by atomic mass is 32.1.